The first-order valence-electron chi connectivity index (χ1n) is 5.57. The number of ether oxygens (including phenoxy) is 3. The van der Waals surface area contributed by atoms with E-state index in [1.807, 2.05) is 0 Å². The molecule has 0 aliphatic rings. The molecule has 1 aromatic carbocycles. The number of carbonyl (C=O) groups is 2. The maximum atomic E-state index is 11.2. The van der Waals surface area contributed by atoms with E-state index in [2.05, 4.69) is 9.47 Å². The van der Waals surface area contributed by atoms with Crippen LogP contribution in [0.4, 0.5) is 4.79 Å². The van der Waals surface area contributed by atoms with Crippen LogP contribution in [0.3, 0.4) is 0 Å². The lowest BCUT2D eigenvalue weighted by atomic mass is 10.3. The Morgan fingerprint density at radius 2 is 1.60 bits per heavy atom. The van der Waals surface area contributed by atoms with Crippen LogP contribution in [-0.2, 0) is 24.1 Å². The first-order chi connectivity index (χ1) is 9.29. The van der Waals surface area contributed by atoms with Crippen molar-refractivity contribution >= 4 is 22.0 Å². The Kier molecular flexibility index (Phi) is 5.51. The topological polar surface area (TPSA) is 96.0 Å². The van der Waals surface area contributed by atoms with Crippen LogP contribution in [0.2, 0.25) is 0 Å². The molecule has 0 aromatic heterocycles. The molecule has 7 nitrogen and oxygen atoms in total. The van der Waals surface area contributed by atoms with Gasteiger partial charge in [-0.2, -0.15) is 0 Å². The first-order valence-corrected chi connectivity index (χ1v) is 7.46. The van der Waals surface area contributed by atoms with Crippen molar-refractivity contribution in [2.24, 2.45) is 0 Å². The smallest absolute Gasteiger partial charge is 0.462 e. The van der Waals surface area contributed by atoms with Gasteiger partial charge in [0.25, 0.3) is 0 Å². The van der Waals surface area contributed by atoms with E-state index in [4.69, 9.17) is 4.74 Å². The van der Waals surface area contributed by atoms with Crippen molar-refractivity contribution in [1.82, 2.24) is 0 Å². The molecule has 0 atom stereocenters. The summed E-state index contributed by atoms with van der Waals surface area (Å²) in [5.74, 6) is -0.326. The average molecular weight is 302 g/mol. The summed E-state index contributed by atoms with van der Waals surface area (Å²) in [6, 6.07) is 5.31. The molecule has 0 aliphatic heterocycles. The van der Waals surface area contributed by atoms with Gasteiger partial charge in [0.2, 0.25) is 0 Å². The molecule has 0 spiro atoms. The van der Waals surface area contributed by atoms with E-state index in [-0.39, 0.29) is 23.9 Å². The molecule has 8 heteroatoms. The number of hydrogen-bond acceptors (Lipinski definition) is 7. The summed E-state index contributed by atoms with van der Waals surface area (Å²) in [4.78, 5) is 21.8. The van der Waals surface area contributed by atoms with Gasteiger partial charge in [-0.05, 0) is 24.3 Å². The summed E-state index contributed by atoms with van der Waals surface area (Å²) in [5, 5.41) is 0. The highest BCUT2D eigenvalue weighted by atomic mass is 32.2. The molecule has 0 fully saturated rings. The fourth-order valence-corrected chi connectivity index (χ4v) is 1.82. The van der Waals surface area contributed by atoms with Crippen LogP contribution in [0, 0.1) is 0 Å². The number of esters is 1. The Morgan fingerprint density at radius 3 is 2.10 bits per heavy atom. The third kappa shape index (κ3) is 5.70. The molecule has 20 heavy (non-hydrogen) atoms. The highest BCUT2D eigenvalue weighted by Crippen LogP contribution is 2.16. The van der Waals surface area contributed by atoms with Gasteiger partial charge in [0.05, 0.1) is 4.90 Å². The maximum absolute atomic E-state index is 11.2. The number of carbonyl (C=O) groups excluding carboxylic acids is 2. The van der Waals surface area contributed by atoms with E-state index in [9.17, 15) is 18.0 Å². The summed E-state index contributed by atoms with van der Waals surface area (Å²) >= 11 is 0. The van der Waals surface area contributed by atoms with E-state index < -0.39 is 22.0 Å². The van der Waals surface area contributed by atoms with Crippen molar-refractivity contribution in [2.75, 3.05) is 19.5 Å². The van der Waals surface area contributed by atoms with Gasteiger partial charge in [-0.15, -0.1) is 0 Å². The van der Waals surface area contributed by atoms with Crippen LogP contribution < -0.4 is 4.74 Å². The molecule has 110 valence electrons. The Labute approximate surface area is 116 Å². The fourth-order valence-electron chi connectivity index (χ4n) is 1.19. The molecule has 1 aromatic rings. The normalized spacial score (nSPS) is 10.7. The highest BCUT2D eigenvalue weighted by molar-refractivity contribution is 7.90. The van der Waals surface area contributed by atoms with Crippen molar-refractivity contribution < 1.29 is 32.2 Å². The Balaban J connectivity index is 2.44. The lowest BCUT2D eigenvalue weighted by Crippen LogP contribution is -2.15. The van der Waals surface area contributed by atoms with Gasteiger partial charge in [-0.3, -0.25) is 4.79 Å². The highest BCUT2D eigenvalue weighted by Gasteiger charge is 2.09. The molecule has 0 saturated heterocycles. The largest absolute Gasteiger partial charge is 0.513 e. The number of rotatable bonds is 5. The summed E-state index contributed by atoms with van der Waals surface area (Å²) in [7, 11) is -3.29. The van der Waals surface area contributed by atoms with Gasteiger partial charge in [-0.25, -0.2) is 13.2 Å². The maximum Gasteiger partial charge on any atom is 0.513 e. The van der Waals surface area contributed by atoms with Crippen LogP contribution in [0.25, 0.3) is 0 Å². The zero-order valence-electron chi connectivity index (χ0n) is 11.0. The molecule has 0 N–H and O–H groups in total. The lowest BCUT2D eigenvalue weighted by molar-refractivity contribution is -0.142. The number of hydrogen-bond donors (Lipinski definition) is 0. The van der Waals surface area contributed by atoms with Crippen LogP contribution in [0.5, 0.6) is 5.75 Å². The first kappa shape index (κ1) is 16.0. The minimum atomic E-state index is -3.29. The van der Waals surface area contributed by atoms with Gasteiger partial charge >= 0.3 is 12.1 Å². The van der Waals surface area contributed by atoms with Crippen molar-refractivity contribution in [2.45, 2.75) is 11.8 Å². The Hall–Kier alpha value is -2.09. The summed E-state index contributed by atoms with van der Waals surface area (Å²) in [5.41, 5.74) is 0. The molecule has 0 aliphatic carbocycles. The molecular weight excluding hydrogens is 288 g/mol. The van der Waals surface area contributed by atoms with E-state index >= 15 is 0 Å². The quantitative estimate of drug-likeness (QED) is 0.457. The minimum absolute atomic E-state index is 0.0581. The van der Waals surface area contributed by atoms with Crippen molar-refractivity contribution in [3.05, 3.63) is 24.3 Å². The predicted octanol–water partition coefficient (Wildman–Crippen LogP) is 1.17. The number of benzene rings is 1. The van der Waals surface area contributed by atoms with Gasteiger partial charge in [0, 0.05) is 13.2 Å². The molecule has 0 radical (unpaired) electrons. The second-order valence-electron chi connectivity index (χ2n) is 3.78. The summed E-state index contributed by atoms with van der Waals surface area (Å²) in [6.07, 6.45) is 0.107. The van der Waals surface area contributed by atoms with E-state index in [0.29, 0.717) is 0 Å². The lowest BCUT2D eigenvalue weighted by Gasteiger charge is -2.06. The van der Waals surface area contributed by atoms with Gasteiger partial charge < -0.3 is 14.2 Å². The third-order valence-electron chi connectivity index (χ3n) is 2.06. The van der Waals surface area contributed by atoms with Crippen molar-refractivity contribution in [1.29, 1.82) is 0 Å². The average Bonchev–Trinajstić information content (AvgIpc) is 2.34. The molecule has 0 bridgehead atoms. The minimum Gasteiger partial charge on any atom is -0.462 e. The van der Waals surface area contributed by atoms with Crippen LogP contribution in [-0.4, -0.2) is 40.0 Å². The zero-order valence-corrected chi connectivity index (χ0v) is 11.8. The molecule has 1 rings (SSSR count). The van der Waals surface area contributed by atoms with Crippen LogP contribution in [0.15, 0.2) is 29.2 Å². The standard InChI is InChI=1S/C12H14O7S/c1-9(13)17-7-8-18-12(14)19-10-3-5-11(6-4-10)20(2,15)16/h3-6H,7-8H2,1-2H3. The van der Waals surface area contributed by atoms with Gasteiger partial charge in [0.1, 0.15) is 19.0 Å². The summed E-state index contributed by atoms with van der Waals surface area (Å²) in [6.45, 7) is 1.05. The Bertz CT molecular complexity index is 574. The van der Waals surface area contributed by atoms with E-state index in [0.717, 1.165) is 6.26 Å². The monoisotopic (exact) mass is 302 g/mol. The molecule has 0 amide bonds. The van der Waals surface area contributed by atoms with E-state index in [1.165, 1.54) is 31.2 Å². The number of sulfone groups is 1. The molecule has 0 heterocycles. The van der Waals surface area contributed by atoms with E-state index in [1.54, 1.807) is 0 Å². The summed E-state index contributed by atoms with van der Waals surface area (Å²) < 4.78 is 36.4. The predicted molar refractivity (Wildman–Crippen MR) is 68.2 cm³/mol. The van der Waals surface area contributed by atoms with Crippen LogP contribution >= 0.6 is 0 Å². The second-order valence-corrected chi connectivity index (χ2v) is 5.80. The SMILES string of the molecule is CC(=O)OCCOC(=O)Oc1ccc(S(C)(=O)=O)cc1. The second kappa shape index (κ2) is 6.90. The van der Waals surface area contributed by atoms with Gasteiger partial charge in [-0.1, -0.05) is 0 Å². The fraction of sp³-hybridized carbons (Fsp3) is 0.333. The van der Waals surface area contributed by atoms with Crippen molar-refractivity contribution in [3.8, 4) is 5.75 Å². The molecule has 0 unspecified atom stereocenters. The third-order valence-corrected chi connectivity index (χ3v) is 3.19. The van der Waals surface area contributed by atoms with Crippen LogP contribution in [0.1, 0.15) is 6.92 Å². The Morgan fingerprint density at radius 1 is 1.05 bits per heavy atom. The zero-order chi connectivity index (χ0) is 15.2. The molecule has 0 saturated carbocycles. The van der Waals surface area contributed by atoms with Crippen molar-refractivity contribution in [3.63, 3.8) is 0 Å². The van der Waals surface area contributed by atoms with Gasteiger partial charge in [0.15, 0.2) is 9.84 Å². The molecular formula is C12H14O7S.